The van der Waals surface area contributed by atoms with Gasteiger partial charge in [0, 0.05) is 6.42 Å². The van der Waals surface area contributed by atoms with E-state index in [4.69, 9.17) is 4.74 Å². The molecular formula is C21H20N4OS. The lowest BCUT2D eigenvalue weighted by molar-refractivity contribution is 0.414. The van der Waals surface area contributed by atoms with E-state index in [1.807, 2.05) is 34.9 Å². The summed E-state index contributed by atoms with van der Waals surface area (Å²) in [7, 11) is 1.67. The molecule has 0 aliphatic rings. The molecule has 0 fully saturated rings. The smallest absolute Gasteiger partial charge is 0.234 e. The minimum absolute atomic E-state index is 0.676. The third-order valence-electron chi connectivity index (χ3n) is 4.54. The van der Waals surface area contributed by atoms with E-state index in [1.165, 1.54) is 28.0 Å². The van der Waals surface area contributed by atoms with Crippen LogP contribution < -0.4 is 4.74 Å². The van der Waals surface area contributed by atoms with Gasteiger partial charge in [0.25, 0.3) is 0 Å². The monoisotopic (exact) mass is 376 g/mol. The number of benzene rings is 2. The fraction of sp³-hybridized carbons (Fsp3) is 0.190. The first-order chi connectivity index (χ1) is 13.1. The summed E-state index contributed by atoms with van der Waals surface area (Å²) in [6.07, 6.45) is 4.79. The maximum absolute atomic E-state index is 5.20. The molecule has 0 aliphatic carbocycles. The van der Waals surface area contributed by atoms with Gasteiger partial charge in [-0.1, -0.05) is 47.7 Å². The highest BCUT2D eigenvalue weighted by Gasteiger charge is 2.11. The summed E-state index contributed by atoms with van der Waals surface area (Å²) in [5.41, 5.74) is 4.90. The highest BCUT2D eigenvalue weighted by Crippen LogP contribution is 2.20. The van der Waals surface area contributed by atoms with Crippen LogP contribution in [-0.2, 0) is 6.42 Å². The van der Waals surface area contributed by atoms with Crippen LogP contribution in [0.3, 0.4) is 0 Å². The van der Waals surface area contributed by atoms with Crippen molar-refractivity contribution < 1.29 is 4.74 Å². The van der Waals surface area contributed by atoms with Crippen LogP contribution in [0.2, 0.25) is 0 Å². The molecule has 5 nitrogen and oxygen atoms in total. The molecule has 4 rings (SSSR count). The second-order valence-electron chi connectivity index (χ2n) is 6.45. The van der Waals surface area contributed by atoms with Crippen molar-refractivity contribution in [2.45, 2.75) is 20.3 Å². The molecule has 0 spiro atoms. The number of ether oxygens (including phenoxy) is 1. The molecule has 0 N–H and O–H groups in total. The summed E-state index contributed by atoms with van der Waals surface area (Å²) in [5, 5.41) is 14.1. The van der Waals surface area contributed by atoms with Crippen LogP contribution in [0.15, 0.2) is 42.5 Å². The Hall–Kier alpha value is -2.99. The van der Waals surface area contributed by atoms with Crippen LogP contribution in [0, 0.1) is 13.8 Å². The number of hydrogen-bond acceptors (Lipinski definition) is 5. The average Bonchev–Trinajstić information content (AvgIpc) is 3.25. The summed E-state index contributed by atoms with van der Waals surface area (Å²) < 4.78 is 7.03. The number of aryl methyl sites for hydroxylation is 2. The first-order valence-electron chi connectivity index (χ1n) is 8.72. The van der Waals surface area contributed by atoms with Crippen molar-refractivity contribution in [2.24, 2.45) is 0 Å². The predicted molar refractivity (Wildman–Crippen MR) is 109 cm³/mol. The molecule has 2 aromatic carbocycles. The quantitative estimate of drug-likeness (QED) is 0.512. The lowest BCUT2D eigenvalue weighted by Gasteiger charge is -2.01. The van der Waals surface area contributed by atoms with Gasteiger partial charge < -0.3 is 4.74 Å². The molecule has 2 aromatic heterocycles. The second kappa shape index (κ2) is 7.32. The van der Waals surface area contributed by atoms with E-state index in [0.717, 1.165) is 27.1 Å². The summed E-state index contributed by atoms with van der Waals surface area (Å²) in [5.74, 6) is 1.68. The zero-order chi connectivity index (χ0) is 18.8. The summed E-state index contributed by atoms with van der Waals surface area (Å²) in [4.78, 5) is 0.804. The third-order valence-corrected chi connectivity index (χ3v) is 5.41. The van der Waals surface area contributed by atoms with E-state index < -0.39 is 0 Å². The standard InChI is InChI=1S/C21H20N4OS/c1-14-4-5-16(12-15(14)2)8-11-20-24-25-19(22-23-21(25)27-20)13-17-6-9-18(26-3)10-7-17/h4-12H,13H2,1-3H3/b11-8+. The number of aromatic nitrogens is 4. The van der Waals surface area contributed by atoms with Crippen molar-refractivity contribution in [2.75, 3.05) is 7.11 Å². The van der Waals surface area contributed by atoms with E-state index in [2.05, 4.69) is 53.4 Å². The Morgan fingerprint density at radius 3 is 2.56 bits per heavy atom. The number of hydrogen-bond donors (Lipinski definition) is 0. The maximum Gasteiger partial charge on any atom is 0.234 e. The lowest BCUT2D eigenvalue weighted by Crippen LogP contribution is -1.97. The van der Waals surface area contributed by atoms with Crippen molar-refractivity contribution >= 4 is 28.4 Å². The molecule has 0 bridgehead atoms. The normalized spacial score (nSPS) is 11.5. The Balaban J connectivity index is 1.55. The maximum atomic E-state index is 5.20. The Kier molecular flexibility index (Phi) is 4.73. The highest BCUT2D eigenvalue weighted by atomic mass is 32.1. The molecular weight excluding hydrogens is 356 g/mol. The van der Waals surface area contributed by atoms with Crippen molar-refractivity contribution in [3.63, 3.8) is 0 Å². The summed E-state index contributed by atoms with van der Waals surface area (Å²) >= 11 is 1.53. The summed E-state index contributed by atoms with van der Waals surface area (Å²) in [6, 6.07) is 14.4. The van der Waals surface area contributed by atoms with Gasteiger partial charge in [-0.05, 0) is 54.3 Å². The topological polar surface area (TPSA) is 52.3 Å². The van der Waals surface area contributed by atoms with Gasteiger partial charge in [-0.25, -0.2) is 0 Å². The number of methoxy groups -OCH3 is 1. The number of nitrogens with zero attached hydrogens (tertiary/aromatic N) is 4. The second-order valence-corrected chi connectivity index (χ2v) is 7.44. The molecule has 0 aliphatic heterocycles. The Bertz CT molecular complexity index is 1110. The minimum Gasteiger partial charge on any atom is -0.497 e. The molecule has 0 saturated carbocycles. The molecule has 136 valence electrons. The van der Waals surface area contributed by atoms with E-state index in [0.29, 0.717) is 6.42 Å². The van der Waals surface area contributed by atoms with Gasteiger partial charge in [-0.2, -0.15) is 9.61 Å². The van der Waals surface area contributed by atoms with Crippen LogP contribution in [0.4, 0.5) is 0 Å². The van der Waals surface area contributed by atoms with Crippen LogP contribution in [0.5, 0.6) is 5.75 Å². The van der Waals surface area contributed by atoms with Gasteiger partial charge in [0.15, 0.2) is 5.82 Å². The first kappa shape index (κ1) is 17.4. The molecule has 0 atom stereocenters. The molecule has 0 radical (unpaired) electrons. The van der Waals surface area contributed by atoms with Crippen molar-refractivity contribution in [1.82, 2.24) is 19.8 Å². The predicted octanol–water partition coefficient (Wildman–Crippen LogP) is 4.57. The van der Waals surface area contributed by atoms with Crippen molar-refractivity contribution in [3.8, 4) is 5.75 Å². The van der Waals surface area contributed by atoms with Crippen LogP contribution >= 0.6 is 11.3 Å². The van der Waals surface area contributed by atoms with Gasteiger partial charge >= 0.3 is 0 Å². The summed E-state index contributed by atoms with van der Waals surface area (Å²) in [6.45, 7) is 4.25. The Morgan fingerprint density at radius 2 is 1.81 bits per heavy atom. The zero-order valence-corrected chi connectivity index (χ0v) is 16.3. The van der Waals surface area contributed by atoms with Gasteiger partial charge in [0.05, 0.1) is 7.11 Å². The van der Waals surface area contributed by atoms with Gasteiger partial charge in [0.2, 0.25) is 4.96 Å². The third kappa shape index (κ3) is 3.75. The van der Waals surface area contributed by atoms with Crippen LogP contribution in [0.1, 0.15) is 33.1 Å². The number of fused-ring (bicyclic) bond motifs is 1. The molecule has 27 heavy (non-hydrogen) atoms. The van der Waals surface area contributed by atoms with Crippen molar-refractivity contribution in [1.29, 1.82) is 0 Å². The SMILES string of the molecule is COc1ccc(Cc2nnc3sc(/C=C/c4ccc(C)c(C)c4)nn23)cc1. The van der Waals surface area contributed by atoms with Gasteiger partial charge in [-0.3, -0.25) is 0 Å². The van der Waals surface area contributed by atoms with E-state index in [1.54, 1.807) is 7.11 Å². The van der Waals surface area contributed by atoms with E-state index in [9.17, 15) is 0 Å². The van der Waals surface area contributed by atoms with Crippen LogP contribution in [0.25, 0.3) is 17.1 Å². The van der Waals surface area contributed by atoms with E-state index in [-0.39, 0.29) is 0 Å². The molecule has 0 unspecified atom stereocenters. The molecule has 0 amide bonds. The van der Waals surface area contributed by atoms with Gasteiger partial charge in [-0.15, -0.1) is 10.2 Å². The largest absolute Gasteiger partial charge is 0.497 e. The Morgan fingerprint density at radius 1 is 1.00 bits per heavy atom. The first-order valence-corrected chi connectivity index (χ1v) is 9.53. The molecule has 0 saturated heterocycles. The average molecular weight is 376 g/mol. The fourth-order valence-electron chi connectivity index (χ4n) is 2.81. The zero-order valence-electron chi connectivity index (χ0n) is 15.5. The van der Waals surface area contributed by atoms with Crippen LogP contribution in [-0.4, -0.2) is 26.9 Å². The molecule has 4 aromatic rings. The van der Waals surface area contributed by atoms with Crippen molar-refractivity contribution in [3.05, 3.63) is 75.6 Å². The lowest BCUT2D eigenvalue weighted by atomic mass is 10.1. The van der Waals surface area contributed by atoms with Gasteiger partial charge in [0.1, 0.15) is 10.8 Å². The molecule has 6 heteroatoms. The minimum atomic E-state index is 0.676. The van der Waals surface area contributed by atoms with E-state index >= 15 is 0 Å². The number of rotatable bonds is 5. The molecule has 2 heterocycles. The fourth-order valence-corrected chi connectivity index (χ4v) is 3.57. The highest BCUT2D eigenvalue weighted by molar-refractivity contribution is 7.17. The Labute approximate surface area is 162 Å².